The van der Waals surface area contributed by atoms with Gasteiger partial charge in [0.2, 0.25) is 5.03 Å². The van der Waals surface area contributed by atoms with Gasteiger partial charge in [-0.2, -0.15) is 4.37 Å². The van der Waals surface area contributed by atoms with Crippen molar-refractivity contribution in [2.75, 3.05) is 12.9 Å². The minimum atomic E-state index is -3.34. The molecule has 0 radical (unpaired) electrons. The van der Waals surface area contributed by atoms with Crippen molar-refractivity contribution < 1.29 is 13.2 Å². The lowest BCUT2D eigenvalue weighted by atomic mass is 10.0. The minimum absolute atomic E-state index is 0.0500. The van der Waals surface area contributed by atoms with Gasteiger partial charge in [0.15, 0.2) is 9.84 Å². The van der Waals surface area contributed by atoms with E-state index in [1.165, 1.54) is 0 Å². The van der Waals surface area contributed by atoms with Crippen LogP contribution in [0.1, 0.15) is 33.1 Å². The molecule has 0 aliphatic rings. The summed E-state index contributed by atoms with van der Waals surface area (Å²) < 4.78 is 35.6. The van der Waals surface area contributed by atoms with Gasteiger partial charge in [0.25, 0.3) is 5.88 Å². The fourth-order valence-corrected chi connectivity index (χ4v) is 2.82. The molecule has 1 aromatic rings. The summed E-state index contributed by atoms with van der Waals surface area (Å²) in [6.45, 7) is 4.82. The monoisotopic (exact) mass is 278 g/mol. The van der Waals surface area contributed by atoms with Crippen molar-refractivity contribution in [2.24, 2.45) is 5.92 Å². The first kappa shape index (κ1) is 14.4. The van der Waals surface area contributed by atoms with E-state index in [9.17, 15) is 8.42 Å². The summed E-state index contributed by atoms with van der Waals surface area (Å²) in [7, 11) is -3.34. The van der Waals surface area contributed by atoms with E-state index in [1.54, 1.807) is 0 Å². The first-order valence-electron chi connectivity index (χ1n) is 5.60. The summed E-state index contributed by atoms with van der Waals surface area (Å²) >= 11 is 0.858. The van der Waals surface area contributed by atoms with Crippen LogP contribution < -0.4 is 4.74 Å². The number of sulfone groups is 1. The molecular weight excluding hydrogens is 260 g/mol. The molecule has 98 valence electrons. The van der Waals surface area contributed by atoms with Crippen molar-refractivity contribution in [1.29, 1.82) is 0 Å². The molecule has 7 heteroatoms. The van der Waals surface area contributed by atoms with Crippen molar-refractivity contribution in [3.8, 4) is 5.88 Å². The van der Waals surface area contributed by atoms with E-state index in [-0.39, 0.29) is 10.9 Å². The van der Waals surface area contributed by atoms with Gasteiger partial charge in [0.05, 0.1) is 18.3 Å². The van der Waals surface area contributed by atoms with E-state index in [0.717, 1.165) is 37.2 Å². The standard InChI is InChI=1S/C10H18N2O3S2/c1-4-8(2)6-5-7-15-9-10(12-16-11-9)17(3,13)14/h8H,4-7H2,1-3H3. The fraction of sp³-hybridized carbons (Fsp3) is 0.800. The molecule has 0 spiro atoms. The van der Waals surface area contributed by atoms with Gasteiger partial charge in [0, 0.05) is 6.26 Å². The van der Waals surface area contributed by atoms with E-state index in [1.807, 2.05) is 0 Å². The van der Waals surface area contributed by atoms with Crippen LogP contribution >= 0.6 is 11.7 Å². The molecule has 0 aromatic carbocycles. The highest BCUT2D eigenvalue weighted by Gasteiger charge is 2.19. The zero-order chi connectivity index (χ0) is 12.9. The molecule has 1 heterocycles. The largest absolute Gasteiger partial charge is 0.475 e. The average molecular weight is 278 g/mol. The Kier molecular flexibility index (Phi) is 5.32. The molecule has 0 saturated heterocycles. The normalized spacial score (nSPS) is 13.6. The zero-order valence-corrected chi connectivity index (χ0v) is 12.0. The van der Waals surface area contributed by atoms with Gasteiger partial charge >= 0.3 is 0 Å². The molecule has 1 unspecified atom stereocenters. The van der Waals surface area contributed by atoms with E-state index < -0.39 is 9.84 Å². The maximum atomic E-state index is 11.3. The molecular formula is C10H18N2O3S2. The quantitative estimate of drug-likeness (QED) is 0.715. The van der Waals surface area contributed by atoms with Gasteiger partial charge < -0.3 is 4.74 Å². The van der Waals surface area contributed by atoms with Crippen LogP contribution in [0.4, 0.5) is 0 Å². The van der Waals surface area contributed by atoms with Gasteiger partial charge in [-0.1, -0.05) is 20.3 Å². The summed E-state index contributed by atoms with van der Waals surface area (Å²) in [5, 5.41) is -0.0500. The van der Waals surface area contributed by atoms with Gasteiger partial charge in [-0.15, -0.1) is 4.37 Å². The van der Waals surface area contributed by atoms with Gasteiger partial charge in [-0.3, -0.25) is 0 Å². The lowest BCUT2D eigenvalue weighted by Gasteiger charge is -2.08. The number of ether oxygens (including phenoxy) is 1. The second-order valence-corrected chi connectivity index (χ2v) is 6.61. The van der Waals surface area contributed by atoms with E-state index in [2.05, 4.69) is 22.6 Å². The Morgan fingerprint density at radius 2 is 2.12 bits per heavy atom. The van der Waals surface area contributed by atoms with Crippen LogP contribution in [0.3, 0.4) is 0 Å². The lowest BCUT2D eigenvalue weighted by Crippen LogP contribution is -2.05. The maximum Gasteiger partial charge on any atom is 0.265 e. The SMILES string of the molecule is CCC(C)CCCOc1nsnc1S(C)(=O)=O. The molecule has 17 heavy (non-hydrogen) atoms. The maximum absolute atomic E-state index is 11.3. The number of nitrogens with zero attached hydrogens (tertiary/aromatic N) is 2. The van der Waals surface area contributed by atoms with E-state index >= 15 is 0 Å². The molecule has 0 N–H and O–H groups in total. The molecule has 1 rings (SSSR count). The summed E-state index contributed by atoms with van der Waals surface area (Å²) in [5.74, 6) is 0.809. The van der Waals surface area contributed by atoms with Crippen molar-refractivity contribution in [2.45, 2.75) is 38.1 Å². The fourth-order valence-electron chi connectivity index (χ4n) is 1.29. The number of hydrogen-bond donors (Lipinski definition) is 0. The van der Waals surface area contributed by atoms with E-state index in [0.29, 0.717) is 12.5 Å². The summed E-state index contributed by atoms with van der Waals surface area (Å²) in [4.78, 5) is 0. The highest BCUT2D eigenvalue weighted by Crippen LogP contribution is 2.21. The summed E-state index contributed by atoms with van der Waals surface area (Å²) in [5.41, 5.74) is 0. The van der Waals surface area contributed by atoms with E-state index in [4.69, 9.17) is 4.74 Å². The molecule has 1 aromatic heterocycles. The Labute approximate surface area is 106 Å². The zero-order valence-electron chi connectivity index (χ0n) is 10.3. The van der Waals surface area contributed by atoms with Crippen LogP contribution in [-0.4, -0.2) is 30.0 Å². The van der Waals surface area contributed by atoms with Crippen molar-refractivity contribution in [1.82, 2.24) is 8.75 Å². The lowest BCUT2D eigenvalue weighted by molar-refractivity contribution is 0.278. The van der Waals surface area contributed by atoms with Gasteiger partial charge in [-0.05, 0) is 18.8 Å². The molecule has 0 bridgehead atoms. The number of aromatic nitrogens is 2. The third-order valence-electron chi connectivity index (χ3n) is 2.56. The van der Waals surface area contributed by atoms with Gasteiger partial charge in [0.1, 0.15) is 0 Å². The third-order valence-corrected chi connectivity index (χ3v) is 4.15. The Morgan fingerprint density at radius 1 is 1.41 bits per heavy atom. The smallest absolute Gasteiger partial charge is 0.265 e. The van der Waals surface area contributed by atoms with Crippen LogP contribution in [0.2, 0.25) is 0 Å². The Hall–Kier alpha value is -0.690. The predicted molar refractivity (Wildman–Crippen MR) is 67.2 cm³/mol. The molecule has 0 aliphatic heterocycles. The molecule has 0 aliphatic carbocycles. The Bertz CT molecular complexity index is 442. The number of rotatable bonds is 7. The average Bonchev–Trinajstić information content (AvgIpc) is 2.71. The van der Waals surface area contributed by atoms with Gasteiger partial charge in [-0.25, -0.2) is 8.42 Å². The van der Waals surface area contributed by atoms with Crippen LogP contribution in [0, 0.1) is 5.92 Å². The summed E-state index contributed by atoms with van der Waals surface area (Å²) in [6.07, 6.45) is 4.22. The minimum Gasteiger partial charge on any atom is -0.475 e. The number of hydrogen-bond acceptors (Lipinski definition) is 6. The van der Waals surface area contributed by atoms with Crippen LogP contribution in [0.5, 0.6) is 5.88 Å². The second kappa shape index (κ2) is 6.30. The molecule has 5 nitrogen and oxygen atoms in total. The van der Waals surface area contributed by atoms with Crippen LogP contribution in [-0.2, 0) is 9.84 Å². The molecule has 0 fully saturated rings. The predicted octanol–water partition coefficient (Wildman–Crippen LogP) is 2.15. The van der Waals surface area contributed by atoms with Crippen LogP contribution in [0.15, 0.2) is 5.03 Å². The molecule has 1 atom stereocenters. The highest BCUT2D eigenvalue weighted by molar-refractivity contribution is 7.90. The van der Waals surface area contributed by atoms with Crippen molar-refractivity contribution in [3.05, 3.63) is 0 Å². The molecule has 0 amide bonds. The summed E-state index contributed by atoms with van der Waals surface area (Å²) in [6, 6.07) is 0. The Morgan fingerprint density at radius 3 is 2.71 bits per heavy atom. The molecule has 0 saturated carbocycles. The highest BCUT2D eigenvalue weighted by atomic mass is 32.2. The van der Waals surface area contributed by atoms with Crippen LogP contribution in [0.25, 0.3) is 0 Å². The third kappa shape index (κ3) is 4.59. The Balaban J connectivity index is 2.45. The van der Waals surface area contributed by atoms with Crippen molar-refractivity contribution in [3.63, 3.8) is 0 Å². The van der Waals surface area contributed by atoms with Crippen molar-refractivity contribution >= 4 is 21.6 Å². The first-order valence-corrected chi connectivity index (χ1v) is 8.22. The topological polar surface area (TPSA) is 69.2 Å². The first-order chi connectivity index (χ1) is 7.95. The second-order valence-electron chi connectivity index (χ2n) is 4.15.